The summed E-state index contributed by atoms with van der Waals surface area (Å²) in [5.74, 6) is -0.323. The number of hydrogen-bond acceptors (Lipinski definition) is 5. The van der Waals surface area contributed by atoms with Gasteiger partial charge >= 0.3 is 12.0 Å². The number of urea groups is 1. The lowest BCUT2D eigenvalue weighted by atomic mass is 10.2. The van der Waals surface area contributed by atoms with Gasteiger partial charge in [-0.15, -0.1) is 0 Å². The topological polar surface area (TPSA) is 77.1 Å². The molecule has 0 spiro atoms. The van der Waals surface area contributed by atoms with Gasteiger partial charge in [0.15, 0.2) is 0 Å². The third kappa shape index (κ3) is 4.07. The van der Waals surface area contributed by atoms with Gasteiger partial charge in [-0.3, -0.25) is 4.79 Å². The summed E-state index contributed by atoms with van der Waals surface area (Å²) in [4.78, 5) is 24.9. The molecule has 108 valence electrons. The molecule has 2 aliphatic heterocycles. The first kappa shape index (κ1) is 14.1. The molecule has 0 aromatic heterocycles. The van der Waals surface area contributed by atoms with Crippen LogP contribution in [0, 0.1) is 0 Å². The van der Waals surface area contributed by atoms with Crippen LogP contribution in [0.15, 0.2) is 0 Å². The third-order valence-electron chi connectivity index (χ3n) is 3.31. The molecular formula is C12H20N2O5. The number of carbonyl (C=O) groups is 2. The summed E-state index contributed by atoms with van der Waals surface area (Å²) in [5.41, 5.74) is 0. The fourth-order valence-electron chi connectivity index (χ4n) is 2.21. The van der Waals surface area contributed by atoms with E-state index in [0.717, 1.165) is 6.42 Å². The van der Waals surface area contributed by atoms with Gasteiger partial charge in [-0.25, -0.2) is 4.79 Å². The van der Waals surface area contributed by atoms with Crippen molar-refractivity contribution in [1.82, 2.24) is 10.2 Å². The second kappa shape index (κ2) is 6.72. The third-order valence-corrected chi connectivity index (χ3v) is 3.31. The van der Waals surface area contributed by atoms with Crippen molar-refractivity contribution in [2.75, 3.05) is 40.0 Å². The number of nitrogens with zero attached hydrogens (tertiary/aromatic N) is 1. The van der Waals surface area contributed by atoms with Crippen LogP contribution in [-0.2, 0) is 19.0 Å². The Balaban J connectivity index is 1.79. The number of hydrogen-bond donors (Lipinski definition) is 1. The van der Waals surface area contributed by atoms with E-state index in [0.29, 0.717) is 32.9 Å². The van der Waals surface area contributed by atoms with Crippen molar-refractivity contribution >= 4 is 12.0 Å². The monoisotopic (exact) mass is 272 g/mol. The summed E-state index contributed by atoms with van der Waals surface area (Å²) < 4.78 is 15.3. The Morgan fingerprint density at radius 2 is 2.26 bits per heavy atom. The van der Waals surface area contributed by atoms with E-state index in [2.05, 4.69) is 10.1 Å². The van der Waals surface area contributed by atoms with Crippen molar-refractivity contribution in [3.05, 3.63) is 0 Å². The van der Waals surface area contributed by atoms with E-state index in [1.165, 1.54) is 7.11 Å². The predicted molar refractivity (Wildman–Crippen MR) is 65.7 cm³/mol. The lowest BCUT2D eigenvalue weighted by Gasteiger charge is -2.33. The number of rotatable bonds is 3. The smallest absolute Gasteiger partial charge is 0.317 e. The molecule has 2 fully saturated rings. The second-order valence-electron chi connectivity index (χ2n) is 4.73. The van der Waals surface area contributed by atoms with Gasteiger partial charge in [-0.2, -0.15) is 0 Å². The van der Waals surface area contributed by atoms with Gasteiger partial charge in [-0.1, -0.05) is 0 Å². The fourth-order valence-corrected chi connectivity index (χ4v) is 2.21. The highest BCUT2D eigenvalue weighted by molar-refractivity contribution is 5.75. The van der Waals surface area contributed by atoms with E-state index in [9.17, 15) is 9.59 Å². The van der Waals surface area contributed by atoms with Gasteiger partial charge in [0.25, 0.3) is 0 Å². The van der Waals surface area contributed by atoms with Crippen LogP contribution in [0.5, 0.6) is 0 Å². The van der Waals surface area contributed by atoms with E-state index >= 15 is 0 Å². The highest BCUT2D eigenvalue weighted by atomic mass is 16.5. The van der Waals surface area contributed by atoms with E-state index in [-0.39, 0.29) is 30.6 Å². The Bertz CT molecular complexity index is 330. The maximum Gasteiger partial charge on any atom is 0.317 e. The Morgan fingerprint density at radius 3 is 2.95 bits per heavy atom. The molecule has 0 radical (unpaired) electrons. The largest absolute Gasteiger partial charge is 0.469 e. The second-order valence-corrected chi connectivity index (χ2v) is 4.73. The van der Waals surface area contributed by atoms with Crippen molar-refractivity contribution in [2.45, 2.75) is 25.0 Å². The molecule has 1 N–H and O–H groups in total. The Morgan fingerprint density at radius 1 is 1.42 bits per heavy atom. The highest BCUT2D eigenvalue weighted by Gasteiger charge is 2.28. The quantitative estimate of drug-likeness (QED) is 0.717. The number of morpholine rings is 1. The van der Waals surface area contributed by atoms with E-state index in [1.807, 2.05) is 0 Å². The van der Waals surface area contributed by atoms with Crippen molar-refractivity contribution in [3.63, 3.8) is 0 Å². The first-order chi connectivity index (χ1) is 9.19. The molecule has 2 atom stereocenters. The molecule has 2 unspecified atom stereocenters. The molecule has 0 aliphatic carbocycles. The first-order valence-corrected chi connectivity index (χ1v) is 6.50. The van der Waals surface area contributed by atoms with Crippen LogP contribution in [0.25, 0.3) is 0 Å². The summed E-state index contributed by atoms with van der Waals surface area (Å²) in [6.07, 6.45) is 0.737. The summed E-state index contributed by atoms with van der Waals surface area (Å²) in [6.45, 7) is 2.66. The first-order valence-electron chi connectivity index (χ1n) is 6.50. The van der Waals surface area contributed by atoms with Crippen LogP contribution < -0.4 is 5.32 Å². The summed E-state index contributed by atoms with van der Waals surface area (Å²) >= 11 is 0. The molecule has 0 saturated carbocycles. The minimum atomic E-state index is -0.323. The van der Waals surface area contributed by atoms with Crippen LogP contribution in [0.1, 0.15) is 12.8 Å². The molecule has 0 aromatic rings. The number of amides is 2. The molecule has 2 rings (SSSR count). The van der Waals surface area contributed by atoms with Crippen LogP contribution in [0.3, 0.4) is 0 Å². The zero-order chi connectivity index (χ0) is 13.7. The number of ether oxygens (including phenoxy) is 3. The van der Waals surface area contributed by atoms with Crippen molar-refractivity contribution in [3.8, 4) is 0 Å². The number of nitrogens with one attached hydrogen (secondary N) is 1. The van der Waals surface area contributed by atoms with Gasteiger partial charge in [0.05, 0.1) is 38.9 Å². The number of carbonyl (C=O) groups excluding carboxylic acids is 2. The maximum atomic E-state index is 12.0. The Hall–Kier alpha value is -1.34. The molecule has 7 nitrogen and oxygen atoms in total. The average molecular weight is 272 g/mol. The molecular weight excluding hydrogens is 252 g/mol. The molecule has 19 heavy (non-hydrogen) atoms. The van der Waals surface area contributed by atoms with Crippen LogP contribution in [0.4, 0.5) is 4.79 Å². The van der Waals surface area contributed by atoms with E-state index < -0.39 is 0 Å². The molecule has 2 aliphatic rings. The fraction of sp³-hybridized carbons (Fsp3) is 0.833. The van der Waals surface area contributed by atoms with Crippen molar-refractivity contribution in [1.29, 1.82) is 0 Å². The van der Waals surface area contributed by atoms with E-state index in [1.54, 1.807) is 4.90 Å². The average Bonchev–Trinajstić information content (AvgIpc) is 2.91. The van der Waals surface area contributed by atoms with Gasteiger partial charge in [-0.05, 0) is 6.42 Å². The molecule has 2 saturated heterocycles. The van der Waals surface area contributed by atoms with Crippen LogP contribution >= 0.6 is 0 Å². The molecule has 2 amide bonds. The summed E-state index contributed by atoms with van der Waals surface area (Å²) in [6, 6.07) is -0.0249. The molecule has 2 heterocycles. The van der Waals surface area contributed by atoms with Gasteiger partial charge < -0.3 is 24.4 Å². The molecule has 7 heteroatoms. The highest BCUT2D eigenvalue weighted by Crippen LogP contribution is 2.11. The van der Waals surface area contributed by atoms with Crippen molar-refractivity contribution < 1.29 is 23.8 Å². The lowest BCUT2D eigenvalue weighted by molar-refractivity contribution is -0.145. The van der Waals surface area contributed by atoms with Gasteiger partial charge in [0.2, 0.25) is 0 Å². The normalized spacial score (nSPS) is 27.1. The standard InChI is InChI=1S/C12H20N2O5/c1-17-11(15)6-10-7-14(3-5-19-10)12(16)13-9-2-4-18-8-9/h9-10H,2-8H2,1H3,(H,13,16). The van der Waals surface area contributed by atoms with Gasteiger partial charge in [0, 0.05) is 19.7 Å². The zero-order valence-corrected chi connectivity index (χ0v) is 11.1. The number of methoxy groups -OCH3 is 1. The molecule has 0 bridgehead atoms. The SMILES string of the molecule is COC(=O)CC1CN(C(=O)NC2CCOC2)CCO1. The summed E-state index contributed by atoms with van der Waals surface area (Å²) in [5, 5.41) is 2.93. The zero-order valence-electron chi connectivity index (χ0n) is 11.1. The minimum Gasteiger partial charge on any atom is -0.469 e. The Kier molecular flexibility index (Phi) is 4.98. The van der Waals surface area contributed by atoms with Crippen molar-refractivity contribution in [2.24, 2.45) is 0 Å². The minimum absolute atomic E-state index is 0.0920. The molecule has 0 aromatic carbocycles. The van der Waals surface area contributed by atoms with Crippen LogP contribution in [-0.4, -0.2) is 69.1 Å². The predicted octanol–water partition coefficient (Wildman–Crippen LogP) is -0.251. The lowest BCUT2D eigenvalue weighted by Crippen LogP contribution is -2.52. The van der Waals surface area contributed by atoms with Crippen LogP contribution in [0.2, 0.25) is 0 Å². The maximum absolute atomic E-state index is 12.0. The summed E-state index contributed by atoms with van der Waals surface area (Å²) in [7, 11) is 1.34. The Labute approximate surface area is 112 Å². The van der Waals surface area contributed by atoms with Gasteiger partial charge in [0.1, 0.15) is 0 Å². The number of esters is 1. The van der Waals surface area contributed by atoms with E-state index in [4.69, 9.17) is 9.47 Å².